The first-order valence-corrected chi connectivity index (χ1v) is 6.18. The zero-order valence-corrected chi connectivity index (χ0v) is 10.7. The normalized spacial score (nSPS) is 20.6. The first kappa shape index (κ1) is 15.8. The Morgan fingerprint density at radius 3 is 2.26 bits per heavy atom. The van der Waals surface area contributed by atoms with E-state index in [2.05, 4.69) is 4.74 Å². The minimum Gasteiger partial charge on any atom is -0.477 e. The first-order chi connectivity index (χ1) is 8.68. The molecule has 0 aromatic carbocycles. The lowest BCUT2D eigenvalue weighted by Gasteiger charge is -2.29. The predicted molar refractivity (Wildman–Crippen MR) is 60.7 cm³/mol. The molecule has 0 bridgehead atoms. The number of halogens is 2. The van der Waals surface area contributed by atoms with Crippen LogP contribution < -0.4 is 0 Å². The number of carboxylic acid groups (broad SMARTS) is 1. The van der Waals surface area contributed by atoms with Gasteiger partial charge in [0, 0.05) is 0 Å². The van der Waals surface area contributed by atoms with Crippen LogP contribution in [0.4, 0.5) is 8.78 Å². The summed E-state index contributed by atoms with van der Waals surface area (Å²) in [6.45, 7) is -0.406. The number of alkyl halides is 2. The van der Waals surface area contributed by atoms with Crippen molar-refractivity contribution in [3.63, 3.8) is 0 Å². The molecule has 0 saturated heterocycles. The Hall–Kier alpha value is -1.24. The van der Waals surface area contributed by atoms with Gasteiger partial charge in [0.2, 0.25) is 0 Å². The maximum atomic E-state index is 13.2. The molecule has 1 aliphatic rings. The van der Waals surface area contributed by atoms with Crippen LogP contribution in [0.15, 0.2) is 0 Å². The molecular formula is C12H18F2O5. The third-order valence-corrected chi connectivity index (χ3v) is 3.38. The van der Waals surface area contributed by atoms with Crippen molar-refractivity contribution in [3.05, 3.63) is 0 Å². The number of carboxylic acids is 1. The molecule has 0 spiro atoms. The molecule has 0 radical (unpaired) electrons. The summed E-state index contributed by atoms with van der Waals surface area (Å²) < 4.78 is 31.0. The topological polar surface area (TPSA) is 83.8 Å². The largest absolute Gasteiger partial charge is 0.477 e. The zero-order valence-electron chi connectivity index (χ0n) is 10.7. The highest BCUT2D eigenvalue weighted by Crippen LogP contribution is 2.30. The van der Waals surface area contributed by atoms with Crippen molar-refractivity contribution in [2.24, 2.45) is 5.92 Å². The van der Waals surface area contributed by atoms with Gasteiger partial charge in [0.1, 0.15) is 6.61 Å². The number of carbonyl (C=O) groups excluding carboxylic acids is 1. The molecule has 7 heteroatoms. The van der Waals surface area contributed by atoms with Crippen LogP contribution in [-0.2, 0) is 14.3 Å². The Labute approximate surface area is 109 Å². The Kier molecular flexibility index (Phi) is 4.84. The first-order valence-electron chi connectivity index (χ1n) is 6.18. The maximum Gasteiger partial charge on any atom is 0.377 e. The van der Waals surface area contributed by atoms with Crippen molar-refractivity contribution < 1.29 is 33.3 Å². The van der Waals surface area contributed by atoms with E-state index in [9.17, 15) is 23.5 Å². The van der Waals surface area contributed by atoms with Crippen LogP contribution in [0, 0.1) is 5.92 Å². The van der Waals surface area contributed by atoms with Crippen LogP contribution in [-0.4, -0.2) is 40.3 Å². The second-order valence-corrected chi connectivity index (χ2v) is 5.10. The van der Waals surface area contributed by atoms with Gasteiger partial charge in [-0.1, -0.05) is 19.3 Å². The quantitative estimate of drug-likeness (QED) is 0.747. The minimum absolute atomic E-state index is 0.344. The van der Waals surface area contributed by atoms with Gasteiger partial charge in [-0.2, -0.15) is 8.78 Å². The van der Waals surface area contributed by atoms with Gasteiger partial charge >= 0.3 is 17.9 Å². The van der Waals surface area contributed by atoms with E-state index in [4.69, 9.17) is 5.11 Å². The molecule has 1 fully saturated rings. The molecule has 0 aromatic heterocycles. The average Bonchev–Trinajstić information content (AvgIpc) is 2.36. The molecule has 19 heavy (non-hydrogen) atoms. The number of rotatable bonds is 5. The minimum atomic E-state index is -4.38. The van der Waals surface area contributed by atoms with E-state index in [-0.39, 0.29) is 5.92 Å². The van der Waals surface area contributed by atoms with Crippen LogP contribution in [0.1, 0.15) is 39.0 Å². The van der Waals surface area contributed by atoms with E-state index in [1.165, 1.54) is 0 Å². The molecule has 1 atom stereocenters. The molecule has 110 valence electrons. The third kappa shape index (κ3) is 3.62. The number of aliphatic carboxylic acids is 1. The van der Waals surface area contributed by atoms with E-state index in [1.807, 2.05) is 0 Å². The lowest BCUT2D eigenvalue weighted by molar-refractivity contribution is -0.217. The summed E-state index contributed by atoms with van der Waals surface area (Å²) in [5, 5.41) is 17.8. The highest BCUT2D eigenvalue weighted by Gasteiger charge is 2.57. The van der Waals surface area contributed by atoms with Gasteiger partial charge in [0.25, 0.3) is 0 Å². The SMILES string of the molecule is CC(O)(COC(=O)C1CCCCC1)C(F)(F)C(=O)O. The van der Waals surface area contributed by atoms with Crippen molar-refractivity contribution in [1.29, 1.82) is 0 Å². The Morgan fingerprint density at radius 1 is 1.26 bits per heavy atom. The molecule has 0 aromatic rings. The fourth-order valence-electron chi connectivity index (χ4n) is 1.99. The molecule has 5 nitrogen and oxygen atoms in total. The van der Waals surface area contributed by atoms with Crippen molar-refractivity contribution in [1.82, 2.24) is 0 Å². The molecule has 0 amide bonds. The summed E-state index contributed by atoms with van der Waals surface area (Å²) >= 11 is 0. The lowest BCUT2D eigenvalue weighted by Crippen LogP contribution is -2.54. The summed E-state index contributed by atoms with van der Waals surface area (Å²) in [6, 6.07) is 0. The Balaban J connectivity index is 2.55. The number of carbonyl (C=O) groups is 2. The van der Waals surface area contributed by atoms with E-state index in [1.54, 1.807) is 0 Å². The van der Waals surface area contributed by atoms with Crippen molar-refractivity contribution in [2.45, 2.75) is 50.6 Å². The van der Waals surface area contributed by atoms with Gasteiger partial charge < -0.3 is 14.9 Å². The molecule has 0 heterocycles. The smallest absolute Gasteiger partial charge is 0.377 e. The standard InChI is InChI=1S/C12H18F2O5/c1-11(18,12(13,14)10(16)17)7-19-9(15)8-5-3-2-4-6-8/h8,18H,2-7H2,1H3,(H,16,17). The fraction of sp³-hybridized carbons (Fsp3) is 0.833. The van der Waals surface area contributed by atoms with Crippen molar-refractivity contribution in [2.75, 3.05) is 6.61 Å². The monoisotopic (exact) mass is 280 g/mol. The zero-order chi connectivity index (χ0) is 14.7. The van der Waals surface area contributed by atoms with E-state index < -0.39 is 30.1 Å². The van der Waals surface area contributed by atoms with E-state index in [0.717, 1.165) is 19.3 Å². The highest BCUT2D eigenvalue weighted by atomic mass is 19.3. The average molecular weight is 280 g/mol. The summed E-state index contributed by atoms with van der Waals surface area (Å²) in [7, 11) is 0. The second kappa shape index (κ2) is 5.81. The van der Waals surface area contributed by atoms with Crippen molar-refractivity contribution >= 4 is 11.9 Å². The van der Waals surface area contributed by atoms with Gasteiger partial charge in [-0.15, -0.1) is 0 Å². The van der Waals surface area contributed by atoms with E-state index in [0.29, 0.717) is 19.8 Å². The highest BCUT2D eigenvalue weighted by molar-refractivity contribution is 5.77. The van der Waals surface area contributed by atoms with Gasteiger partial charge in [0.05, 0.1) is 5.92 Å². The summed E-state index contributed by atoms with van der Waals surface area (Å²) in [5.74, 6) is -7.82. The molecular weight excluding hydrogens is 262 g/mol. The number of aliphatic hydroxyl groups is 1. The maximum absolute atomic E-state index is 13.2. The number of esters is 1. The molecule has 2 N–H and O–H groups in total. The van der Waals surface area contributed by atoms with Gasteiger partial charge in [-0.3, -0.25) is 4.79 Å². The second-order valence-electron chi connectivity index (χ2n) is 5.10. The summed E-state index contributed by atoms with van der Waals surface area (Å²) in [6.07, 6.45) is 4.05. The molecule has 1 aliphatic carbocycles. The Bertz CT molecular complexity index is 348. The van der Waals surface area contributed by atoms with Gasteiger partial charge in [-0.05, 0) is 19.8 Å². The van der Waals surface area contributed by atoms with E-state index >= 15 is 0 Å². The Morgan fingerprint density at radius 2 is 1.79 bits per heavy atom. The van der Waals surface area contributed by atoms with Crippen LogP contribution in [0.3, 0.4) is 0 Å². The predicted octanol–water partition coefficient (Wildman–Crippen LogP) is 1.58. The molecule has 1 rings (SSSR count). The van der Waals surface area contributed by atoms with Crippen LogP contribution >= 0.6 is 0 Å². The summed E-state index contributed by atoms with van der Waals surface area (Å²) in [5.41, 5.74) is -2.93. The molecule has 1 unspecified atom stereocenters. The third-order valence-electron chi connectivity index (χ3n) is 3.38. The van der Waals surface area contributed by atoms with Crippen LogP contribution in [0.2, 0.25) is 0 Å². The number of ether oxygens (including phenoxy) is 1. The van der Waals surface area contributed by atoms with Crippen LogP contribution in [0.5, 0.6) is 0 Å². The molecule has 1 saturated carbocycles. The number of hydrogen-bond acceptors (Lipinski definition) is 4. The molecule has 0 aliphatic heterocycles. The van der Waals surface area contributed by atoms with Gasteiger partial charge in [0.15, 0.2) is 5.60 Å². The number of hydrogen-bond donors (Lipinski definition) is 2. The van der Waals surface area contributed by atoms with Gasteiger partial charge in [-0.25, -0.2) is 4.79 Å². The fourth-order valence-corrected chi connectivity index (χ4v) is 1.99. The summed E-state index contributed by atoms with van der Waals surface area (Å²) in [4.78, 5) is 22.0. The van der Waals surface area contributed by atoms with Crippen LogP contribution in [0.25, 0.3) is 0 Å². The van der Waals surface area contributed by atoms with Crippen molar-refractivity contribution in [3.8, 4) is 0 Å². The lowest BCUT2D eigenvalue weighted by atomic mass is 9.89.